The third kappa shape index (κ3) is 3.37. The molecule has 2 aliphatic rings. The van der Waals surface area contributed by atoms with Gasteiger partial charge in [-0.3, -0.25) is 14.9 Å². The summed E-state index contributed by atoms with van der Waals surface area (Å²) in [6, 6.07) is 3.75. The van der Waals surface area contributed by atoms with E-state index in [9.17, 15) is 20.0 Å². The predicted octanol–water partition coefficient (Wildman–Crippen LogP) is 2.76. The molecule has 23 heavy (non-hydrogen) atoms. The molecular formula is C15H15N3O4S. The van der Waals surface area contributed by atoms with Crippen LogP contribution in [0.5, 0.6) is 5.75 Å². The Morgan fingerprint density at radius 1 is 1.30 bits per heavy atom. The summed E-state index contributed by atoms with van der Waals surface area (Å²) >= 11 is 1.23. The Morgan fingerprint density at radius 3 is 2.74 bits per heavy atom. The highest BCUT2D eigenvalue weighted by atomic mass is 32.2. The second-order valence-corrected chi connectivity index (χ2v) is 6.37. The van der Waals surface area contributed by atoms with Crippen molar-refractivity contribution in [3.05, 3.63) is 38.8 Å². The number of aliphatic imine (C=N–C) groups is 1. The molecule has 0 bridgehead atoms. The molecule has 3 rings (SSSR count). The monoisotopic (exact) mass is 333 g/mol. The lowest BCUT2D eigenvalue weighted by molar-refractivity contribution is -0.385. The van der Waals surface area contributed by atoms with Crippen molar-refractivity contribution < 1.29 is 14.8 Å². The topological polar surface area (TPSA) is 96.0 Å². The summed E-state index contributed by atoms with van der Waals surface area (Å²) in [4.78, 5) is 29.0. The van der Waals surface area contributed by atoms with Crippen LogP contribution in [0, 0.1) is 10.1 Å². The van der Waals surface area contributed by atoms with Gasteiger partial charge in [0.1, 0.15) is 5.75 Å². The fraction of sp³-hybridized carbons (Fsp3) is 0.333. The summed E-state index contributed by atoms with van der Waals surface area (Å²) in [5.41, 5.74) is 0.0380. The Kier molecular flexibility index (Phi) is 4.33. The fourth-order valence-electron chi connectivity index (χ4n) is 2.58. The summed E-state index contributed by atoms with van der Waals surface area (Å²) in [7, 11) is 0. The molecule has 0 spiro atoms. The second-order valence-electron chi connectivity index (χ2n) is 5.36. The van der Waals surface area contributed by atoms with Crippen LogP contribution in [0.4, 0.5) is 5.69 Å². The van der Waals surface area contributed by atoms with Gasteiger partial charge in [-0.2, -0.15) is 4.99 Å². The largest absolute Gasteiger partial charge is 0.508 e. The maximum Gasteiger partial charge on any atom is 0.286 e. The zero-order valence-electron chi connectivity index (χ0n) is 12.3. The Hall–Kier alpha value is -2.35. The number of amides is 1. The summed E-state index contributed by atoms with van der Waals surface area (Å²) in [5.74, 6) is -0.483. The number of hydrogen-bond donors (Lipinski definition) is 1. The van der Waals surface area contributed by atoms with E-state index >= 15 is 0 Å². The number of benzene rings is 1. The number of phenols is 1. The predicted molar refractivity (Wildman–Crippen MR) is 88.2 cm³/mol. The first-order chi connectivity index (χ1) is 11.0. The van der Waals surface area contributed by atoms with Crippen molar-refractivity contribution in [2.45, 2.75) is 19.3 Å². The molecule has 1 amide bonds. The molecule has 1 N–H and O–H groups in total. The first kappa shape index (κ1) is 15.5. The van der Waals surface area contributed by atoms with E-state index in [-0.39, 0.29) is 17.0 Å². The average Bonchev–Trinajstić information content (AvgIpc) is 2.89. The molecular weight excluding hydrogens is 318 g/mol. The smallest absolute Gasteiger partial charge is 0.286 e. The standard InChI is InChI=1S/C15H15N3O4S/c19-11-4-5-12(18(21)22)10(8-11)9-13-14(20)16-15(23-13)17-6-2-1-3-7-17/h4-5,8-9,19H,1-3,6-7H2/b13-9+. The molecule has 8 heteroatoms. The zero-order valence-corrected chi connectivity index (χ0v) is 13.1. The van der Waals surface area contributed by atoms with Crippen LogP contribution in [0.1, 0.15) is 24.8 Å². The van der Waals surface area contributed by atoms with Crippen LogP contribution in [0.15, 0.2) is 28.1 Å². The number of rotatable bonds is 2. The van der Waals surface area contributed by atoms with Crippen LogP contribution in [0.2, 0.25) is 0 Å². The first-order valence-corrected chi connectivity index (χ1v) is 8.11. The highest BCUT2D eigenvalue weighted by Crippen LogP contribution is 2.34. The lowest BCUT2D eigenvalue weighted by Crippen LogP contribution is -2.33. The second kappa shape index (κ2) is 6.41. The number of carbonyl (C=O) groups is 1. The van der Waals surface area contributed by atoms with Crippen molar-refractivity contribution in [2.24, 2.45) is 4.99 Å². The van der Waals surface area contributed by atoms with Gasteiger partial charge < -0.3 is 10.0 Å². The SMILES string of the molecule is O=C1N=C(N2CCCCC2)S/C1=C/c1cc(O)ccc1[N+](=O)[O-]. The Labute approximate surface area is 136 Å². The number of hydrogen-bond acceptors (Lipinski definition) is 6. The van der Waals surface area contributed by atoms with Gasteiger partial charge in [0.25, 0.3) is 11.6 Å². The maximum absolute atomic E-state index is 12.1. The normalized spacial score (nSPS) is 20.0. The van der Waals surface area contributed by atoms with E-state index in [4.69, 9.17) is 0 Å². The van der Waals surface area contributed by atoms with E-state index in [1.54, 1.807) is 0 Å². The van der Waals surface area contributed by atoms with Gasteiger partial charge in [-0.1, -0.05) is 0 Å². The van der Waals surface area contributed by atoms with Gasteiger partial charge in [0.2, 0.25) is 0 Å². The van der Waals surface area contributed by atoms with Crippen LogP contribution >= 0.6 is 11.8 Å². The van der Waals surface area contributed by atoms with E-state index in [0.29, 0.717) is 10.1 Å². The van der Waals surface area contributed by atoms with Gasteiger partial charge in [0, 0.05) is 19.2 Å². The van der Waals surface area contributed by atoms with Crippen LogP contribution in [0.3, 0.4) is 0 Å². The lowest BCUT2D eigenvalue weighted by Gasteiger charge is -2.27. The molecule has 1 fully saturated rings. The molecule has 1 aromatic rings. The van der Waals surface area contributed by atoms with E-state index in [0.717, 1.165) is 25.9 Å². The quantitative estimate of drug-likeness (QED) is 0.508. The van der Waals surface area contributed by atoms with Crippen LogP contribution in [-0.2, 0) is 4.79 Å². The molecule has 0 aromatic heterocycles. The van der Waals surface area contributed by atoms with Crippen molar-refractivity contribution >= 4 is 34.6 Å². The molecule has 0 radical (unpaired) electrons. The number of phenolic OH excluding ortho intramolecular Hbond substituents is 1. The number of likely N-dealkylation sites (tertiary alicyclic amines) is 1. The van der Waals surface area contributed by atoms with Gasteiger partial charge >= 0.3 is 0 Å². The van der Waals surface area contributed by atoms with Gasteiger partial charge in [0.15, 0.2) is 5.17 Å². The molecule has 7 nitrogen and oxygen atoms in total. The number of carbonyl (C=O) groups excluding carboxylic acids is 1. The Balaban J connectivity index is 1.86. The maximum atomic E-state index is 12.1. The van der Waals surface area contributed by atoms with Gasteiger partial charge in [-0.25, -0.2) is 0 Å². The number of nitro benzene ring substituents is 1. The summed E-state index contributed by atoms with van der Waals surface area (Å²) in [6.07, 6.45) is 4.75. The Morgan fingerprint density at radius 2 is 2.04 bits per heavy atom. The molecule has 120 valence electrons. The van der Waals surface area contributed by atoms with Crippen molar-refractivity contribution in [1.82, 2.24) is 4.90 Å². The molecule has 0 aliphatic carbocycles. The van der Waals surface area contributed by atoms with Gasteiger partial charge in [-0.05, 0) is 49.2 Å². The molecule has 0 saturated carbocycles. The summed E-state index contributed by atoms with van der Waals surface area (Å²) in [6.45, 7) is 1.75. The summed E-state index contributed by atoms with van der Waals surface area (Å²) < 4.78 is 0. The highest BCUT2D eigenvalue weighted by molar-refractivity contribution is 8.18. The minimum absolute atomic E-state index is 0.0879. The number of aromatic hydroxyl groups is 1. The third-order valence-electron chi connectivity index (χ3n) is 3.73. The molecule has 0 unspecified atom stereocenters. The van der Waals surface area contributed by atoms with Crippen LogP contribution in [0.25, 0.3) is 6.08 Å². The number of piperidine rings is 1. The average molecular weight is 333 g/mol. The van der Waals surface area contributed by atoms with Gasteiger partial charge in [0.05, 0.1) is 15.4 Å². The van der Waals surface area contributed by atoms with Crippen LogP contribution in [-0.4, -0.2) is 39.1 Å². The molecule has 1 aromatic carbocycles. The third-order valence-corrected chi connectivity index (χ3v) is 4.77. The number of nitrogens with zero attached hydrogens (tertiary/aromatic N) is 3. The molecule has 2 aliphatic heterocycles. The first-order valence-electron chi connectivity index (χ1n) is 7.29. The molecule has 1 saturated heterocycles. The zero-order chi connectivity index (χ0) is 16.4. The number of thioether (sulfide) groups is 1. The molecule has 0 atom stereocenters. The summed E-state index contributed by atoms with van der Waals surface area (Å²) in [5, 5.41) is 21.3. The minimum Gasteiger partial charge on any atom is -0.508 e. The van der Waals surface area contributed by atoms with Crippen LogP contribution < -0.4 is 0 Å². The number of nitro groups is 1. The minimum atomic E-state index is -0.539. The van der Waals surface area contributed by atoms with Crippen molar-refractivity contribution in [3.8, 4) is 5.75 Å². The van der Waals surface area contributed by atoms with Crippen molar-refractivity contribution in [3.63, 3.8) is 0 Å². The van der Waals surface area contributed by atoms with Gasteiger partial charge in [-0.15, -0.1) is 0 Å². The van der Waals surface area contributed by atoms with E-state index in [1.165, 1.54) is 42.5 Å². The van der Waals surface area contributed by atoms with Crippen molar-refractivity contribution in [2.75, 3.05) is 13.1 Å². The molecule has 2 heterocycles. The lowest BCUT2D eigenvalue weighted by atomic mass is 10.1. The van der Waals surface area contributed by atoms with E-state index in [1.807, 2.05) is 0 Å². The fourth-order valence-corrected chi connectivity index (χ4v) is 3.54. The van der Waals surface area contributed by atoms with E-state index in [2.05, 4.69) is 9.89 Å². The Bertz CT molecular complexity index is 723. The van der Waals surface area contributed by atoms with Crippen molar-refractivity contribution in [1.29, 1.82) is 0 Å². The van der Waals surface area contributed by atoms with E-state index < -0.39 is 10.8 Å². The highest BCUT2D eigenvalue weighted by Gasteiger charge is 2.27. The number of amidine groups is 1.